The molecule has 1 aliphatic rings. The second-order valence-corrected chi connectivity index (χ2v) is 4.20. The van der Waals surface area contributed by atoms with E-state index in [0.717, 1.165) is 17.1 Å². The van der Waals surface area contributed by atoms with Crippen molar-refractivity contribution < 1.29 is 31.0 Å². The Morgan fingerprint density at radius 1 is 1.21 bits per heavy atom. The fourth-order valence-electron chi connectivity index (χ4n) is 1.59. The summed E-state index contributed by atoms with van der Waals surface area (Å²) in [5.41, 5.74) is -0.194. The largest absolute Gasteiger partial charge is 2.00 e. The number of rotatable bonds is 1. The Morgan fingerprint density at radius 3 is 2.46 bits per heavy atom. The molecule has 0 saturated carbocycles. The normalized spacial score (nSPS) is 13.8. The van der Waals surface area contributed by atoms with Crippen molar-refractivity contribution in [1.82, 2.24) is 14.8 Å². The van der Waals surface area contributed by atoms with Crippen molar-refractivity contribution >= 4 is 5.78 Å². The predicted molar refractivity (Wildman–Crippen MR) is 82.0 cm³/mol. The fraction of sp³-hybridized carbons (Fsp3) is 0. The first-order valence-corrected chi connectivity index (χ1v) is 6.41. The molecular formula is C16H11N3O4W. The van der Waals surface area contributed by atoms with Gasteiger partial charge in [0.15, 0.2) is 0 Å². The van der Waals surface area contributed by atoms with Crippen LogP contribution >= 0.6 is 0 Å². The smallest absolute Gasteiger partial charge is 0.528 e. The molecule has 0 fully saturated rings. The van der Waals surface area contributed by atoms with Crippen LogP contribution in [-0.2, 0) is 25.9 Å². The molecule has 0 unspecified atom stereocenters. The number of carbonyl (C=O) groups is 1. The second-order valence-electron chi connectivity index (χ2n) is 4.20. The summed E-state index contributed by atoms with van der Waals surface area (Å²) in [5, 5.41) is 12.1. The molecule has 0 amide bonds. The van der Waals surface area contributed by atoms with Crippen molar-refractivity contribution in [3.05, 3.63) is 93.5 Å². The first-order valence-electron chi connectivity index (χ1n) is 6.41. The standard InChI is InChI=1S/C9H6N3O2.C7H5O2.W/c13-8-6-10-12(9(14)11-8)7-4-2-1-3-5-7;8-5-6-3-1-2-4-7(6)9;/h2-6H,(H,11,13,14);2-5,8H;/q2*-1;+2/b;6-5+;. The molecule has 1 heterocycles. The Kier molecular flexibility index (Phi) is 7.52. The van der Waals surface area contributed by atoms with Crippen LogP contribution in [0.2, 0.25) is 0 Å². The van der Waals surface area contributed by atoms with Crippen LogP contribution in [-0.4, -0.2) is 25.7 Å². The van der Waals surface area contributed by atoms with Gasteiger partial charge in [-0.25, -0.2) is 9.48 Å². The molecule has 7 nitrogen and oxygen atoms in total. The molecule has 0 atom stereocenters. The van der Waals surface area contributed by atoms with Crippen molar-refractivity contribution in [3.8, 4) is 5.69 Å². The predicted octanol–water partition coefficient (Wildman–Crippen LogP) is 0.645. The van der Waals surface area contributed by atoms with Crippen LogP contribution in [0, 0.1) is 12.1 Å². The van der Waals surface area contributed by atoms with E-state index in [1.54, 1.807) is 24.3 Å². The van der Waals surface area contributed by atoms with Gasteiger partial charge >= 0.3 is 26.8 Å². The summed E-state index contributed by atoms with van der Waals surface area (Å²) in [6.45, 7) is 0. The van der Waals surface area contributed by atoms with Crippen molar-refractivity contribution in [2.75, 3.05) is 0 Å². The van der Waals surface area contributed by atoms with Crippen LogP contribution < -0.4 is 11.2 Å². The second kappa shape index (κ2) is 9.37. The molecule has 120 valence electrons. The first-order chi connectivity index (χ1) is 11.1. The van der Waals surface area contributed by atoms with Gasteiger partial charge in [0.1, 0.15) is 6.20 Å². The molecule has 0 spiro atoms. The summed E-state index contributed by atoms with van der Waals surface area (Å²) >= 11 is 0. The van der Waals surface area contributed by atoms with Gasteiger partial charge in [-0.1, -0.05) is 5.57 Å². The summed E-state index contributed by atoms with van der Waals surface area (Å²) in [6, 6.07) is 9.49. The number of aromatic amines is 1. The van der Waals surface area contributed by atoms with Gasteiger partial charge in [-0.3, -0.25) is 9.78 Å². The van der Waals surface area contributed by atoms with Gasteiger partial charge in [0.25, 0.3) is 5.56 Å². The van der Waals surface area contributed by atoms with Gasteiger partial charge < -0.3 is 9.90 Å². The van der Waals surface area contributed by atoms with Crippen LogP contribution in [0.1, 0.15) is 0 Å². The molecule has 1 aromatic carbocycles. The minimum absolute atomic E-state index is 0. The average molecular weight is 493 g/mol. The van der Waals surface area contributed by atoms with E-state index in [1.807, 2.05) is 0 Å². The van der Waals surface area contributed by atoms with Gasteiger partial charge in [-0.05, 0) is 5.69 Å². The number of aliphatic hydroxyl groups is 1. The zero-order chi connectivity index (χ0) is 16.7. The molecular weight excluding hydrogens is 482 g/mol. The molecule has 0 bridgehead atoms. The van der Waals surface area contributed by atoms with Crippen LogP contribution in [0.25, 0.3) is 5.69 Å². The van der Waals surface area contributed by atoms with Crippen LogP contribution in [0.4, 0.5) is 0 Å². The van der Waals surface area contributed by atoms with Gasteiger partial charge in [-0.15, -0.1) is 18.2 Å². The molecule has 3 rings (SSSR count). The van der Waals surface area contributed by atoms with E-state index in [4.69, 9.17) is 5.11 Å². The maximum absolute atomic E-state index is 11.3. The third kappa shape index (κ3) is 5.14. The van der Waals surface area contributed by atoms with E-state index in [-0.39, 0.29) is 32.4 Å². The van der Waals surface area contributed by atoms with E-state index in [9.17, 15) is 14.4 Å². The summed E-state index contributed by atoms with van der Waals surface area (Å²) in [4.78, 5) is 34.8. The fourth-order valence-corrected chi connectivity index (χ4v) is 1.59. The molecule has 0 aliphatic heterocycles. The minimum atomic E-state index is -0.552. The molecule has 2 N–H and O–H groups in total. The SMILES string of the molecule is O=C1C=C[C-]=C/C1=C\O.O=c1cnn(-c2cc[c-]cc2)c(=O)[nH]1.[W+2]. The van der Waals surface area contributed by atoms with Crippen molar-refractivity contribution in [2.24, 2.45) is 0 Å². The Labute approximate surface area is 150 Å². The quantitative estimate of drug-likeness (QED) is 0.345. The summed E-state index contributed by atoms with van der Waals surface area (Å²) in [5.74, 6) is -0.184. The number of H-pyrrole nitrogens is 1. The van der Waals surface area contributed by atoms with Gasteiger partial charge in [0.2, 0.25) is 0 Å². The van der Waals surface area contributed by atoms with Crippen LogP contribution in [0.3, 0.4) is 0 Å². The maximum Gasteiger partial charge on any atom is 2.00 e. The van der Waals surface area contributed by atoms with Crippen molar-refractivity contribution in [3.63, 3.8) is 0 Å². The number of hydrogen-bond donors (Lipinski definition) is 2. The number of allylic oxidation sites excluding steroid dienone is 5. The van der Waals surface area contributed by atoms with Gasteiger partial charge in [0, 0.05) is 6.26 Å². The molecule has 0 saturated heterocycles. The Balaban J connectivity index is 0.000000252. The summed E-state index contributed by atoms with van der Waals surface area (Å²) in [7, 11) is 0. The third-order valence-electron chi connectivity index (χ3n) is 2.65. The minimum Gasteiger partial charge on any atom is -0.528 e. The Bertz CT molecular complexity index is 895. The van der Waals surface area contributed by atoms with E-state index in [0.29, 0.717) is 5.69 Å². The molecule has 1 aromatic heterocycles. The number of nitrogens with zero attached hydrogens (tertiary/aromatic N) is 2. The maximum atomic E-state index is 11.3. The van der Waals surface area contributed by atoms with Gasteiger partial charge in [0.05, 0.1) is 5.78 Å². The molecule has 24 heavy (non-hydrogen) atoms. The molecule has 2 aromatic rings. The number of aromatic nitrogens is 3. The molecule has 0 radical (unpaired) electrons. The molecule has 1 aliphatic carbocycles. The number of nitrogens with one attached hydrogen (secondary N) is 1. The Morgan fingerprint density at radius 2 is 1.92 bits per heavy atom. The van der Waals surface area contributed by atoms with Crippen molar-refractivity contribution in [2.45, 2.75) is 0 Å². The number of benzene rings is 1. The van der Waals surface area contributed by atoms with E-state index < -0.39 is 11.2 Å². The van der Waals surface area contributed by atoms with Crippen molar-refractivity contribution in [1.29, 1.82) is 0 Å². The zero-order valence-electron chi connectivity index (χ0n) is 12.2. The third-order valence-corrected chi connectivity index (χ3v) is 2.65. The monoisotopic (exact) mass is 493 g/mol. The zero-order valence-corrected chi connectivity index (χ0v) is 15.1. The first kappa shape index (κ1) is 19.3. The Hall–Kier alpha value is -2.79. The number of carbonyl (C=O) groups excluding carboxylic acids is 1. The van der Waals surface area contributed by atoms with E-state index >= 15 is 0 Å². The van der Waals surface area contributed by atoms with E-state index in [2.05, 4.69) is 22.2 Å². The van der Waals surface area contributed by atoms with E-state index in [1.165, 1.54) is 18.2 Å². The van der Waals surface area contributed by atoms with Crippen LogP contribution in [0.5, 0.6) is 0 Å². The molecule has 8 heteroatoms. The topological polar surface area (TPSA) is 105 Å². The number of hydrogen-bond acceptors (Lipinski definition) is 5. The summed E-state index contributed by atoms with van der Waals surface area (Å²) < 4.78 is 1.11. The summed E-state index contributed by atoms with van der Waals surface area (Å²) in [6.07, 6.45) is 8.78. The van der Waals surface area contributed by atoms with Gasteiger partial charge in [-0.2, -0.15) is 41.5 Å². The number of ketones is 1. The average Bonchev–Trinajstić information content (AvgIpc) is 2.57. The van der Waals surface area contributed by atoms with Crippen LogP contribution in [0.15, 0.2) is 70.1 Å². The number of aliphatic hydroxyl groups excluding tert-OH is 1.